The molecule has 0 aromatic rings. The summed E-state index contributed by atoms with van der Waals surface area (Å²) in [6.45, 7) is 9.19. The maximum atomic E-state index is 11.9. The van der Waals surface area contributed by atoms with E-state index in [0.717, 1.165) is 30.4 Å². The summed E-state index contributed by atoms with van der Waals surface area (Å²) in [5.74, 6) is 2.63. The molecule has 0 aliphatic carbocycles. The summed E-state index contributed by atoms with van der Waals surface area (Å²) in [7, 11) is 0. The number of hydrogen-bond donors (Lipinski definition) is 0. The number of unbranched alkanes of at least 4 members (excludes halogenated alkanes) is 7. The monoisotopic (exact) mass is 342 g/mol. The van der Waals surface area contributed by atoms with Crippen molar-refractivity contribution in [1.82, 2.24) is 0 Å². The zero-order valence-corrected chi connectivity index (χ0v) is 17.2. The largest absolute Gasteiger partial charge is 0.287 e. The van der Waals surface area contributed by atoms with E-state index >= 15 is 0 Å². The molecule has 0 aliphatic heterocycles. The quantitative estimate of drug-likeness (QED) is 0.268. The summed E-state index contributed by atoms with van der Waals surface area (Å²) in [6, 6.07) is 0. The average Bonchev–Trinajstić information content (AvgIpc) is 2.49. The van der Waals surface area contributed by atoms with Crippen LogP contribution in [0.2, 0.25) is 0 Å². The highest BCUT2D eigenvalue weighted by Gasteiger charge is 2.06. The van der Waals surface area contributed by atoms with Gasteiger partial charge < -0.3 is 0 Å². The lowest BCUT2D eigenvalue weighted by molar-refractivity contribution is -0.111. The molecule has 1 unspecified atom stereocenters. The molecule has 0 bridgehead atoms. The van der Waals surface area contributed by atoms with Crippen LogP contribution < -0.4 is 0 Å². The van der Waals surface area contributed by atoms with Crippen molar-refractivity contribution in [1.29, 1.82) is 0 Å². The van der Waals surface area contributed by atoms with Crippen LogP contribution in [0, 0.1) is 11.8 Å². The van der Waals surface area contributed by atoms with Crippen molar-refractivity contribution in [3.8, 4) is 0 Å². The Hall–Kier alpha value is 0.0200. The van der Waals surface area contributed by atoms with Gasteiger partial charge in [0.05, 0.1) is 0 Å². The number of carbonyl (C=O) groups is 1. The van der Waals surface area contributed by atoms with Gasteiger partial charge in [-0.2, -0.15) is 0 Å². The van der Waals surface area contributed by atoms with Crippen LogP contribution >= 0.6 is 11.8 Å². The molecule has 0 fully saturated rings. The second-order valence-corrected chi connectivity index (χ2v) is 8.82. The first-order valence-corrected chi connectivity index (χ1v) is 11.2. The van der Waals surface area contributed by atoms with Gasteiger partial charge in [-0.25, -0.2) is 0 Å². The lowest BCUT2D eigenvalue weighted by Crippen LogP contribution is -2.00. The third-order valence-corrected chi connectivity index (χ3v) is 5.55. The molecule has 1 atom stereocenters. The maximum absolute atomic E-state index is 11.9. The SMILES string of the molecule is CCCCCCCCCCC(=O)SCCC(C)CCCC(C)C. The summed E-state index contributed by atoms with van der Waals surface area (Å²) in [4.78, 5) is 11.9. The molecule has 0 radical (unpaired) electrons. The Morgan fingerprint density at radius 2 is 1.39 bits per heavy atom. The van der Waals surface area contributed by atoms with E-state index in [1.165, 1.54) is 70.6 Å². The van der Waals surface area contributed by atoms with Crippen LogP contribution in [0.5, 0.6) is 0 Å². The minimum Gasteiger partial charge on any atom is -0.287 e. The third-order valence-electron chi connectivity index (χ3n) is 4.59. The van der Waals surface area contributed by atoms with E-state index in [9.17, 15) is 4.79 Å². The summed E-state index contributed by atoms with van der Waals surface area (Å²) in [6.07, 6.45) is 16.5. The molecule has 0 aromatic carbocycles. The van der Waals surface area contributed by atoms with Gasteiger partial charge in [0.15, 0.2) is 5.12 Å². The first-order chi connectivity index (χ1) is 11.1. The molecule has 0 amide bonds. The van der Waals surface area contributed by atoms with Crippen LogP contribution in [0.3, 0.4) is 0 Å². The highest BCUT2D eigenvalue weighted by Crippen LogP contribution is 2.19. The van der Waals surface area contributed by atoms with Gasteiger partial charge in [-0.1, -0.05) is 104 Å². The number of thioether (sulfide) groups is 1. The topological polar surface area (TPSA) is 17.1 Å². The molecule has 0 N–H and O–H groups in total. The predicted molar refractivity (Wildman–Crippen MR) is 107 cm³/mol. The zero-order valence-electron chi connectivity index (χ0n) is 16.4. The Morgan fingerprint density at radius 1 is 0.783 bits per heavy atom. The van der Waals surface area contributed by atoms with E-state index in [0.29, 0.717) is 5.12 Å². The zero-order chi connectivity index (χ0) is 17.3. The number of hydrogen-bond acceptors (Lipinski definition) is 2. The molecule has 0 rings (SSSR count). The van der Waals surface area contributed by atoms with Crippen molar-refractivity contribution < 1.29 is 4.79 Å². The lowest BCUT2D eigenvalue weighted by Gasteiger charge is -2.11. The average molecular weight is 343 g/mol. The van der Waals surface area contributed by atoms with E-state index in [1.807, 2.05) is 0 Å². The lowest BCUT2D eigenvalue weighted by atomic mass is 9.98. The van der Waals surface area contributed by atoms with Crippen molar-refractivity contribution in [2.45, 2.75) is 111 Å². The number of rotatable bonds is 16. The van der Waals surface area contributed by atoms with E-state index in [1.54, 1.807) is 11.8 Å². The number of carbonyl (C=O) groups excluding carboxylic acids is 1. The fourth-order valence-corrected chi connectivity index (χ4v) is 3.90. The maximum Gasteiger partial charge on any atom is 0.188 e. The molecule has 2 heteroatoms. The smallest absolute Gasteiger partial charge is 0.188 e. The van der Waals surface area contributed by atoms with Gasteiger partial charge in [0.2, 0.25) is 0 Å². The van der Waals surface area contributed by atoms with Crippen molar-refractivity contribution >= 4 is 16.9 Å². The summed E-state index contributed by atoms with van der Waals surface area (Å²) in [5, 5.41) is 0.422. The molecule has 0 saturated heterocycles. The van der Waals surface area contributed by atoms with E-state index in [-0.39, 0.29) is 0 Å². The highest BCUT2D eigenvalue weighted by molar-refractivity contribution is 8.13. The van der Waals surface area contributed by atoms with Crippen molar-refractivity contribution in [2.24, 2.45) is 11.8 Å². The summed E-state index contributed by atoms with van der Waals surface area (Å²) < 4.78 is 0. The van der Waals surface area contributed by atoms with Gasteiger partial charge in [-0.3, -0.25) is 4.79 Å². The van der Waals surface area contributed by atoms with Crippen molar-refractivity contribution in [3.05, 3.63) is 0 Å². The first-order valence-electron chi connectivity index (χ1n) is 10.2. The predicted octanol–water partition coefficient (Wildman–Crippen LogP) is 7.63. The van der Waals surface area contributed by atoms with Gasteiger partial charge in [0.1, 0.15) is 0 Å². The second-order valence-electron chi connectivity index (χ2n) is 7.66. The Labute approximate surface area is 150 Å². The molecule has 0 spiro atoms. The molecule has 1 nitrogen and oxygen atoms in total. The molecule has 138 valence electrons. The summed E-state index contributed by atoms with van der Waals surface area (Å²) >= 11 is 1.58. The minimum absolute atomic E-state index is 0.422. The fraction of sp³-hybridized carbons (Fsp3) is 0.952. The van der Waals surface area contributed by atoms with Gasteiger partial charge in [0, 0.05) is 12.2 Å². The van der Waals surface area contributed by atoms with Gasteiger partial charge in [-0.05, 0) is 24.7 Å². The fourth-order valence-electron chi connectivity index (χ4n) is 2.87. The Balaban J connectivity index is 3.33. The highest BCUT2D eigenvalue weighted by atomic mass is 32.2. The minimum atomic E-state index is 0.422. The molecular formula is C21H42OS. The Kier molecular flexibility index (Phi) is 16.9. The van der Waals surface area contributed by atoms with Crippen LogP contribution in [-0.4, -0.2) is 10.9 Å². The standard InChI is InChI=1S/C21H42OS/c1-5-6-7-8-9-10-11-12-16-21(22)23-18-17-20(4)15-13-14-19(2)3/h19-20H,5-18H2,1-4H3. The molecule has 0 heterocycles. The van der Waals surface area contributed by atoms with Gasteiger partial charge >= 0.3 is 0 Å². The molecule has 0 saturated carbocycles. The Morgan fingerprint density at radius 3 is 2.00 bits per heavy atom. The molecular weight excluding hydrogens is 300 g/mol. The van der Waals surface area contributed by atoms with Gasteiger partial charge in [0.25, 0.3) is 0 Å². The molecule has 0 aromatic heterocycles. The van der Waals surface area contributed by atoms with Crippen LogP contribution in [0.15, 0.2) is 0 Å². The Bertz CT molecular complexity index is 263. The normalized spacial score (nSPS) is 12.7. The summed E-state index contributed by atoms with van der Waals surface area (Å²) in [5.41, 5.74) is 0. The van der Waals surface area contributed by atoms with Crippen molar-refractivity contribution in [3.63, 3.8) is 0 Å². The van der Waals surface area contributed by atoms with Crippen LogP contribution in [0.4, 0.5) is 0 Å². The molecule has 23 heavy (non-hydrogen) atoms. The van der Waals surface area contributed by atoms with E-state index in [4.69, 9.17) is 0 Å². The van der Waals surface area contributed by atoms with Crippen LogP contribution in [0.25, 0.3) is 0 Å². The second kappa shape index (κ2) is 16.9. The van der Waals surface area contributed by atoms with E-state index < -0.39 is 0 Å². The van der Waals surface area contributed by atoms with Crippen molar-refractivity contribution in [2.75, 3.05) is 5.75 Å². The third kappa shape index (κ3) is 18.2. The van der Waals surface area contributed by atoms with E-state index in [2.05, 4.69) is 27.7 Å². The van der Waals surface area contributed by atoms with Crippen LogP contribution in [0.1, 0.15) is 111 Å². The first kappa shape index (κ1) is 23.0. The van der Waals surface area contributed by atoms with Gasteiger partial charge in [-0.15, -0.1) is 0 Å². The molecule has 0 aliphatic rings. The van der Waals surface area contributed by atoms with Crippen LogP contribution in [-0.2, 0) is 4.79 Å².